The summed E-state index contributed by atoms with van der Waals surface area (Å²) in [5.41, 5.74) is 22.0. The van der Waals surface area contributed by atoms with Gasteiger partial charge in [-0.1, -0.05) is 140 Å². The summed E-state index contributed by atoms with van der Waals surface area (Å²) in [6.07, 6.45) is 22.5. The molecule has 0 amide bonds. The molecule has 9 rings (SSSR count). The Hall–Kier alpha value is -5.86. The lowest BCUT2D eigenvalue weighted by atomic mass is 9.74. The summed E-state index contributed by atoms with van der Waals surface area (Å²) >= 11 is 0. The van der Waals surface area contributed by atoms with Gasteiger partial charge in [0.15, 0.2) is 0 Å². The summed E-state index contributed by atoms with van der Waals surface area (Å²) < 4.78 is 2.41. The Balaban J connectivity index is 1.18. The van der Waals surface area contributed by atoms with E-state index in [1.165, 1.54) is 72.0 Å². The molecule has 1 aromatic heterocycles. The first kappa shape index (κ1) is 32.1. The third-order valence-electron chi connectivity index (χ3n) is 11.5. The van der Waals surface area contributed by atoms with E-state index in [0.29, 0.717) is 5.92 Å². The van der Waals surface area contributed by atoms with Gasteiger partial charge in [-0.15, -0.1) is 0 Å². The molecule has 3 atom stereocenters. The van der Waals surface area contributed by atoms with Gasteiger partial charge in [-0.25, -0.2) is 0 Å². The molecule has 0 bridgehead atoms. The van der Waals surface area contributed by atoms with E-state index >= 15 is 0 Å². The third-order valence-corrected chi connectivity index (χ3v) is 11.5. The van der Waals surface area contributed by atoms with Crippen LogP contribution in [0.25, 0.3) is 44.6 Å². The van der Waals surface area contributed by atoms with Crippen molar-refractivity contribution in [3.63, 3.8) is 0 Å². The minimum absolute atomic E-state index is 0.120. The predicted molar refractivity (Wildman–Crippen MR) is 222 cm³/mol. The fourth-order valence-electron chi connectivity index (χ4n) is 9.03. The fourth-order valence-corrected chi connectivity index (χ4v) is 9.03. The van der Waals surface area contributed by atoms with Crippen LogP contribution in [-0.4, -0.2) is 4.57 Å². The van der Waals surface area contributed by atoms with Crippen LogP contribution in [0.15, 0.2) is 175 Å². The molecule has 52 heavy (non-hydrogen) atoms. The molecule has 0 saturated carbocycles. The first-order valence-corrected chi connectivity index (χ1v) is 18.8. The highest BCUT2D eigenvalue weighted by Crippen LogP contribution is 2.47. The minimum atomic E-state index is 0.120. The average Bonchev–Trinajstić information content (AvgIpc) is 3.52. The smallest absolute Gasteiger partial charge is 0.0537 e. The molecule has 0 spiro atoms. The lowest BCUT2D eigenvalue weighted by Gasteiger charge is -2.29. The molecule has 3 unspecified atom stereocenters. The van der Waals surface area contributed by atoms with E-state index < -0.39 is 0 Å². The van der Waals surface area contributed by atoms with Crippen LogP contribution in [-0.2, 0) is 6.42 Å². The highest BCUT2D eigenvalue weighted by molar-refractivity contribution is 5.96. The second-order valence-electron chi connectivity index (χ2n) is 14.7. The van der Waals surface area contributed by atoms with Crippen LogP contribution in [0.5, 0.6) is 0 Å². The second kappa shape index (κ2) is 13.4. The van der Waals surface area contributed by atoms with E-state index in [1.54, 1.807) is 0 Å². The zero-order valence-corrected chi connectivity index (χ0v) is 29.8. The minimum Gasteiger partial charge on any atom is -0.398 e. The van der Waals surface area contributed by atoms with Crippen molar-refractivity contribution in [1.29, 1.82) is 0 Å². The van der Waals surface area contributed by atoms with Gasteiger partial charge in [-0.2, -0.15) is 0 Å². The van der Waals surface area contributed by atoms with Crippen molar-refractivity contribution < 1.29 is 0 Å². The number of allylic oxidation sites excluding steroid dienone is 10. The van der Waals surface area contributed by atoms with Gasteiger partial charge in [0.05, 0.1) is 5.52 Å². The zero-order chi connectivity index (χ0) is 35.2. The first-order chi connectivity index (χ1) is 25.6. The monoisotopic (exact) mass is 672 g/mol. The van der Waals surface area contributed by atoms with E-state index in [-0.39, 0.29) is 11.8 Å². The SMILES string of the molecule is C=C/C(C1=CC=CC(C)C1)=C1/CCC=CC1c1c(-c2cc(C3C=Cc4c(c5ccccc5n4-c4ccccc4)C3)ccc2N)ccc2ccccc12. The van der Waals surface area contributed by atoms with Crippen molar-refractivity contribution in [2.45, 2.75) is 44.4 Å². The Kier molecular flexibility index (Phi) is 8.24. The number of nitrogens with zero attached hydrogens (tertiary/aromatic N) is 1. The van der Waals surface area contributed by atoms with Crippen molar-refractivity contribution in [3.8, 4) is 16.8 Å². The second-order valence-corrected chi connectivity index (χ2v) is 14.7. The van der Waals surface area contributed by atoms with E-state index in [9.17, 15) is 0 Å². The van der Waals surface area contributed by atoms with Crippen molar-refractivity contribution in [2.24, 2.45) is 5.92 Å². The van der Waals surface area contributed by atoms with Crippen LogP contribution >= 0.6 is 0 Å². The predicted octanol–water partition coefficient (Wildman–Crippen LogP) is 12.8. The van der Waals surface area contributed by atoms with Gasteiger partial charge in [0.2, 0.25) is 0 Å². The number of anilines is 1. The van der Waals surface area contributed by atoms with Crippen LogP contribution in [0, 0.1) is 5.92 Å². The summed E-state index contributed by atoms with van der Waals surface area (Å²) in [6, 6.07) is 39.7. The zero-order valence-electron chi connectivity index (χ0n) is 29.8. The maximum Gasteiger partial charge on any atom is 0.0537 e. The Morgan fingerprint density at radius 3 is 2.46 bits per heavy atom. The number of aromatic nitrogens is 1. The molecule has 0 radical (unpaired) electrons. The van der Waals surface area contributed by atoms with Crippen molar-refractivity contribution in [2.75, 3.05) is 5.73 Å². The molecule has 3 aliphatic carbocycles. The van der Waals surface area contributed by atoms with E-state index in [4.69, 9.17) is 5.73 Å². The van der Waals surface area contributed by atoms with Gasteiger partial charge in [0.25, 0.3) is 0 Å². The van der Waals surface area contributed by atoms with E-state index in [1.807, 2.05) is 0 Å². The Morgan fingerprint density at radius 1 is 0.808 bits per heavy atom. The Bertz CT molecular complexity index is 2510. The van der Waals surface area contributed by atoms with Crippen LogP contribution in [0.2, 0.25) is 0 Å². The molecular weight excluding hydrogens is 629 g/mol. The number of para-hydroxylation sites is 2. The van der Waals surface area contributed by atoms with Gasteiger partial charge in [-0.05, 0) is 112 Å². The first-order valence-electron chi connectivity index (χ1n) is 18.8. The van der Waals surface area contributed by atoms with E-state index in [2.05, 4.69) is 176 Å². The lowest BCUT2D eigenvalue weighted by Crippen LogP contribution is -2.11. The summed E-state index contributed by atoms with van der Waals surface area (Å²) in [6.45, 7) is 6.66. The Labute approximate surface area is 307 Å². The number of hydrogen-bond acceptors (Lipinski definition) is 1. The topological polar surface area (TPSA) is 30.9 Å². The molecule has 6 aromatic rings. The molecule has 3 aliphatic rings. The number of nitrogens with two attached hydrogens (primary N) is 1. The number of rotatable bonds is 6. The lowest BCUT2D eigenvalue weighted by molar-refractivity contribution is 0.708. The highest BCUT2D eigenvalue weighted by Gasteiger charge is 2.28. The van der Waals surface area contributed by atoms with Gasteiger partial charge in [0, 0.05) is 39.9 Å². The number of fused-ring (bicyclic) bond motifs is 4. The van der Waals surface area contributed by atoms with Gasteiger partial charge < -0.3 is 10.3 Å². The number of nitrogen functional groups attached to an aromatic ring is 1. The standard InChI is InChI=1S/C50H44N2/c1-3-39(37-16-13-14-33(2)30-37)41-20-9-10-22-43(41)50-40-19-8-7-15-34(40)24-27-44(50)45-31-35(25-28-47(45)51)36-26-29-49-46(32-36)42-21-11-12-23-48(42)52(49)38-17-5-4-6-18-38/h3-8,10-19,21-29,31,33,36,43H,1,9,20,30,32,51H2,2H3/b41-39+. The molecule has 5 aromatic carbocycles. The van der Waals surface area contributed by atoms with Gasteiger partial charge in [0.1, 0.15) is 0 Å². The maximum atomic E-state index is 6.98. The summed E-state index contributed by atoms with van der Waals surface area (Å²) in [7, 11) is 0. The summed E-state index contributed by atoms with van der Waals surface area (Å²) in [4.78, 5) is 0. The largest absolute Gasteiger partial charge is 0.398 e. The number of benzene rings is 5. The average molecular weight is 673 g/mol. The van der Waals surface area contributed by atoms with Crippen molar-refractivity contribution in [1.82, 2.24) is 4.57 Å². The molecule has 0 aliphatic heterocycles. The quantitative estimate of drug-likeness (QED) is 0.139. The third kappa shape index (κ3) is 5.51. The van der Waals surface area contributed by atoms with E-state index in [0.717, 1.165) is 36.9 Å². The molecular formula is C50H44N2. The molecule has 0 fully saturated rings. The number of hydrogen-bond donors (Lipinski definition) is 1. The molecule has 0 saturated heterocycles. The fraction of sp³-hybridized carbons (Fsp3) is 0.160. The molecule has 2 heteroatoms. The summed E-state index contributed by atoms with van der Waals surface area (Å²) in [5, 5.41) is 3.85. The molecule has 254 valence electrons. The van der Waals surface area contributed by atoms with Crippen molar-refractivity contribution >= 4 is 33.4 Å². The Morgan fingerprint density at radius 2 is 1.62 bits per heavy atom. The van der Waals surface area contributed by atoms with Crippen LogP contribution in [0.1, 0.15) is 60.4 Å². The highest BCUT2D eigenvalue weighted by atomic mass is 15.0. The van der Waals surface area contributed by atoms with Crippen LogP contribution in [0.3, 0.4) is 0 Å². The maximum absolute atomic E-state index is 6.98. The van der Waals surface area contributed by atoms with Crippen LogP contribution < -0.4 is 5.73 Å². The molecule has 2 N–H and O–H groups in total. The molecule has 2 nitrogen and oxygen atoms in total. The van der Waals surface area contributed by atoms with Gasteiger partial charge >= 0.3 is 0 Å². The van der Waals surface area contributed by atoms with Crippen LogP contribution in [0.4, 0.5) is 5.69 Å². The van der Waals surface area contributed by atoms with Gasteiger partial charge in [-0.3, -0.25) is 0 Å². The molecule has 1 heterocycles. The summed E-state index contributed by atoms with van der Waals surface area (Å²) in [5.74, 6) is 0.870. The normalized spacial score (nSPS) is 20.6. The van der Waals surface area contributed by atoms with Crippen molar-refractivity contribution in [3.05, 3.63) is 197 Å².